The predicted octanol–water partition coefficient (Wildman–Crippen LogP) is 2.80. The quantitative estimate of drug-likeness (QED) is 0.726. The summed E-state index contributed by atoms with van der Waals surface area (Å²) in [4.78, 5) is 33.9. The third-order valence-corrected chi connectivity index (χ3v) is 7.67. The molecule has 32 heavy (non-hydrogen) atoms. The maximum Gasteiger partial charge on any atom is 0.433 e. The molecule has 1 aromatic rings. The molecule has 6 rings (SSSR count). The van der Waals surface area contributed by atoms with Gasteiger partial charge >= 0.3 is 12.3 Å². The highest BCUT2D eigenvalue weighted by Crippen LogP contribution is 2.60. The van der Waals surface area contributed by atoms with E-state index in [4.69, 9.17) is 10.5 Å². The lowest BCUT2D eigenvalue weighted by atomic mass is 9.48. The van der Waals surface area contributed by atoms with Crippen LogP contribution in [0.15, 0.2) is 12.3 Å². The Labute approximate surface area is 183 Å². The molecule has 0 radical (unpaired) electrons. The van der Waals surface area contributed by atoms with Crippen molar-refractivity contribution in [2.45, 2.75) is 56.8 Å². The number of primary amides is 1. The summed E-state index contributed by atoms with van der Waals surface area (Å²) < 4.78 is 44.5. The number of nitrogens with zero attached hydrogens (tertiary/aromatic N) is 3. The molecule has 1 aromatic heterocycles. The van der Waals surface area contributed by atoms with Crippen molar-refractivity contribution >= 4 is 17.9 Å². The van der Waals surface area contributed by atoms with Gasteiger partial charge in [0.2, 0.25) is 11.9 Å². The summed E-state index contributed by atoms with van der Waals surface area (Å²) in [5.41, 5.74) is 4.26. The molecule has 11 heteroatoms. The largest absolute Gasteiger partial charge is 0.446 e. The van der Waals surface area contributed by atoms with Crippen LogP contribution in [0, 0.1) is 23.2 Å². The number of nitrogens with two attached hydrogens (primary N) is 1. The van der Waals surface area contributed by atoms with Gasteiger partial charge in [0.1, 0.15) is 11.8 Å². The first-order valence-corrected chi connectivity index (χ1v) is 11.1. The fourth-order valence-electron chi connectivity index (χ4n) is 6.48. The monoisotopic (exact) mass is 453 g/mol. The third-order valence-electron chi connectivity index (χ3n) is 7.67. The van der Waals surface area contributed by atoms with Gasteiger partial charge in [0.05, 0.1) is 5.41 Å². The molecule has 1 saturated heterocycles. The van der Waals surface area contributed by atoms with Gasteiger partial charge in [0, 0.05) is 25.3 Å². The van der Waals surface area contributed by atoms with Gasteiger partial charge < -0.3 is 20.7 Å². The van der Waals surface area contributed by atoms with E-state index in [9.17, 15) is 22.8 Å². The van der Waals surface area contributed by atoms with E-state index in [2.05, 4.69) is 15.3 Å². The zero-order valence-corrected chi connectivity index (χ0v) is 17.5. The number of likely N-dealkylation sites (tertiary alicyclic amines) is 1. The average molecular weight is 453 g/mol. The van der Waals surface area contributed by atoms with Gasteiger partial charge in [-0.2, -0.15) is 13.2 Å². The fraction of sp³-hybridized carbons (Fsp3) is 0.714. The van der Waals surface area contributed by atoms with Crippen LogP contribution >= 0.6 is 0 Å². The number of alkyl halides is 3. The second kappa shape index (κ2) is 7.48. The molecule has 4 saturated carbocycles. The van der Waals surface area contributed by atoms with E-state index in [0.29, 0.717) is 38.3 Å². The number of anilines is 1. The van der Waals surface area contributed by atoms with Crippen molar-refractivity contribution < 1.29 is 27.5 Å². The number of carbonyl (C=O) groups excluding carboxylic acids is 2. The van der Waals surface area contributed by atoms with Crippen LogP contribution in [0.2, 0.25) is 0 Å². The maximum atomic E-state index is 12.9. The predicted molar refractivity (Wildman–Crippen MR) is 106 cm³/mol. The van der Waals surface area contributed by atoms with Crippen LogP contribution in [0.25, 0.3) is 0 Å². The van der Waals surface area contributed by atoms with Gasteiger partial charge in [-0.15, -0.1) is 0 Å². The summed E-state index contributed by atoms with van der Waals surface area (Å²) in [7, 11) is 0. The molecule has 8 nitrogen and oxygen atoms in total. The van der Waals surface area contributed by atoms with Gasteiger partial charge in [0.15, 0.2) is 0 Å². The minimum absolute atomic E-state index is 0.113. The third kappa shape index (κ3) is 3.75. The van der Waals surface area contributed by atoms with Crippen molar-refractivity contribution in [2.75, 3.05) is 18.4 Å². The molecule has 1 aliphatic heterocycles. The number of amides is 2. The Hall–Kier alpha value is -2.59. The number of ether oxygens (including phenoxy) is 1. The second-order valence-electron chi connectivity index (χ2n) is 9.80. The molecular formula is C21H26F3N5O3. The van der Waals surface area contributed by atoms with Gasteiger partial charge in [-0.3, -0.25) is 4.79 Å². The Morgan fingerprint density at radius 2 is 1.94 bits per heavy atom. The molecule has 2 amide bonds. The van der Waals surface area contributed by atoms with Crippen LogP contribution < -0.4 is 11.1 Å². The zero-order chi connectivity index (χ0) is 22.7. The highest BCUT2D eigenvalue weighted by Gasteiger charge is 2.59. The smallest absolute Gasteiger partial charge is 0.433 e. The lowest BCUT2D eigenvalue weighted by molar-refractivity contribution is -0.161. The number of rotatable bonds is 4. The molecule has 174 valence electrons. The molecule has 0 spiro atoms. The molecule has 5 aliphatic rings. The molecule has 0 aromatic carbocycles. The number of nitrogens with one attached hydrogen (secondary N) is 1. The van der Waals surface area contributed by atoms with Crippen molar-refractivity contribution in [1.82, 2.24) is 14.9 Å². The van der Waals surface area contributed by atoms with Gasteiger partial charge in [-0.1, -0.05) is 0 Å². The lowest BCUT2D eigenvalue weighted by Gasteiger charge is -2.58. The van der Waals surface area contributed by atoms with Gasteiger partial charge in [0.25, 0.3) is 0 Å². The van der Waals surface area contributed by atoms with Gasteiger partial charge in [-0.05, 0) is 62.3 Å². The molecule has 4 aliphatic carbocycles. The van der Waals surface area contributed by atoms with Crippen LogP contribution in [0.5, 0.6) is 0 Å². The Balaban J connectivity index is 1.18. The van der Waals surface area contributed by atoms with E-state index in [0.717, 1.165) is 31.5 Å². The number of hydrogen-bond acceptors (Lipinski definition) is 6. The van der Waals surface area contributed by atoms with E-state index < -0.39 is 23.4 Å². The van der Waals surface area contributed by atoms with E-state index >= 15 is 0 Å². The highest BCUT2D eigenvalue weighted by molar-refractivity contribution is 5.81. The Morgan fingerprint density at radius 1 is 1.22 bits per heavy atom. The van der Waals surface area contributed by atoms with Crippen LogP contribution in [-0.4, -0.2) is 52.1 Å². The molecular weight excluding hydrogens is 427 g/mol. The number of halogens is 3. The number of aromatic nitrogens is 2. The van der Waals surface area contributed by atoms with E-state index in [1.54, 1.807) is 4.90 Å². The molecule has 3 N–H and O–H groups in total. The Bertz CT molecular complexity index is 910. The van der Waals surface area contributed by atoms with Crippen molar-refractivity contribution in [3.8, 4) is 0 Å². The first-order chi connectivity index (χ1) is 15.1. The number of carbonyl (C=O) groups is 2. The molecule has 2 heterocycles. The molecule has 2 unspecified atom stereocenters. The fourth-order valence-corrected chi connectivity index (χ4v) is 6.48. The van der Waals surface area contributed by atoms with Crippen LogP contribution in [0.3, 0.4) is 0 Å². The van der Waals surface area contributed by atoms with Gasteiger partial charge in [-0.25, -0.2) is 14.8 Å². The summed E-state index contributed by atoms with van der Waals surface area (Å²) >= 11 is 0. The van der Waals surface area contributed by atoms with Crippen LogP contribution in [0.4, 0.5) is 23.9 Å². The average Bonchev–Trinajstić information content (AvgIpc) is 3.18. The first kappa shape index (κ1) is 21.3. The Morgan fingerprint density at radius 3 is 2.59 bits per heavy atom. The summed E-state index contributed by atoms with van der Waals surface area (Å²) in [5, 5.41) is 2.89. The van der Waals surface area contributed by atoms with E-state index in [1.165, 1.54) is 0 Å². The lowest BCUT2D eigenvalue weighted by Crippen LogP contribution is -2.59. The van der Waals surface area contributed by atoms with Crippen molar-refractivity contribution in [1.29, 1.82) is 0 Å². The summed E-state index contributed by atoms with van der Waals surface area (Å²) in [6.07, 6.45) is 0.596. The van der Waals surface area contributed by atoms with E-state index in [-0.39, 0.29) is 35.8 Å². The van der Waals surface area contributed by atoms with Crippen LogP contribution in [0.1, 0.15) is 44.2 Å². The maximum absolute atomic E-state index is 12.9. The molecule has 5 fully saturated rings. The van der Waals surface area contributed by atoms with Crippen molar-refractivity contribution in [2.24, 2.45) is 28.9 Å². The topological polar surface area (TPSA) is 110 Å². The molecule has 3 atom stereocenters. The standard InChI is InChI=1S/C21H26F3N5O3/c22-21(23,24)15-1-3-26-18(28-15)27-14-2-4-29(10-14)19(31)32-16-12-5-11-6-13(16)9-20(7-11,8-12)17(25)30/h1,3,11-14,16H,2,4-10H2,(H2,25,30)(H,26,27,28)/t11?,12?,13?,14-,16-,20-/m1/s1. The SMILES string of the molecule is NC(=O)[C@]12CC3CC(C1)[C@@H](OC(=O)N1CC[C@@H](Nc4nccc(C(F)(F)F)n4)C1)C(C3)C2. The normalized spacial score (nSPS) is 35.7. The van der Waals surface area contributed by atoms with Crippen molar-refractivity contribution in [3.05, 3.63) is 18.0 Å². The minimum atomic E-state index is -4.55. The van der Waals surface area contributed by atoms with Crippen molar-refractivity contribution in [3.63, 3.8) is 0 Å². The summed E-state index contributed by atoms with van der Waals surface area (Å²) in [5.74, 6) is 0.452. The Kier molecular flexibility index (Phi) is 4.97. The first-order valence-electron chi connectivity index (χ1n) is 11.1. The zero-order valence-electron chi connectivity index (χ0n) is 17.5. The van der Waals surface area contributed by atoms with E-state index in [1.807, 2.05) is 0 Å². The summed E-state index contributed by atoms with van der Waals surface area (Å²) in [6.45, 7) is 0.736. The summed E-state index contributed by atoms with van der Waals surface area (Å²) in [6, 6.07) is 0.555. The second-order valence-corrected chi connectivity index (χ2v) is 9.80. The molecule has 4 bridgehead atoms. The minimum Gasteiger partial charge on any atom is -0.446 e. The number of hydrogen-bond donors (Lipinski definition) is 2. The van der Waals surface area contributed by atoms with Crippen LogP contribution in [-0.2, 0) is 15.7 Å². The highest BCUT2D eigenvalue weighted by atomic mass is 19.4.